The Morgan fingerprint density at radius 1 is 1.12 bits per heavy atom. The van der Waals surface area contributed by atoms with Crippen molar-refractivity contribution in [2.75, 3.05) is 12.4 Å². The van der Waals surface area contributed by atoms with Gasteiger partial charge < -0.3 is 14.6 Å². The molecule has 1 N–H and O–H groups in total. The third kappa shape index (κ3) is 3.79. The first kappa shape index (κ1) is 22.9. The molecule has 0 spiro atoms. The summed E-state index contributed by atoms with van der Waals surface area (Å²) in [4.78, 5) is 13.4. The molecule has 5 heteroatoms. The minimum atomic E-state index is -0.616. The predicted octanol–water partition coefficient (Wildman–Crippen LogP) is 7.18. The Labute approximate surface area is 201 Å². The zero-order valence-electron chi connectivity index (χ0n) is 20.9. The van der Waals surface area contributed by atoms with Crippen LogP contribution in [0.2, 0.25) is 0 Å². The van der Waals surface area contributed by atoms with Crippen LogP contribution in [0.1, 0.15) is 82.2 Å². The fourth-order valence-electron chi connectivity index (χ4n) is 5.61. The van der Waals surface area contributed by atoms with Crippen LogP contribution in [0.3, 0.4) is 0 Å². The van der Waals surface area contributed by atoms with Crippen molar-refractivity contribution in [2.45, 2.75) is 83.1 Å². The third-order valence-electron chi connectivity index (χ3n) is 7.78. The highest BCUT2D eigenvalue weighted by Crippen LogP contribution is 2.50. The van der Waals surface area contributed by atoms with Crippen LogP contribution in [0.4, 0.5) is 10.1 Å². The van der Waals surface area contributed by atoms with Gasteiger partial charge in [0.25, 0.3) is 0 Å². The first-order valence-corrected chi connectivity index (χ1v) is 12.5. The van der Waals surface area contributed by atoms with Gasteiger partial charge in [0.15, 0.2) is 0 Å². The molecule has 1 heterocycles. The minimum absolute atomic E-state index is 0.0515. The summed E-state index contributed by atoms with van der Waals surface area (Å²) in [7, 11) is 1.64. The number of nitrogens with zero attached hydrogens (tertiary/aromatic N) is 1. The van der Waals surface area contributed by atoms with E-state index >= 15 is 4.39 Å². The van der Waals surface area contributed by atoms with Gasteiger partial charge in [-0.05, 0) is 61.9 Å². The van der Waals surface area contributed by atoms with Crippen LogP contribution in [0, 0.1) is 12.7 Å². The number of anilines is 1. The molecule has 0 bridgehead atoms. The molecule has 0 radical (unpaired) electrons. The molecule has 1 amide bonds. The van der Waals surface area contributed by atoms with Gasteiger partial charge in [-0.2, -0.15) is 0 Å². The van der Waals surface area contributed by atoms with Crippen molar-refractivity contribution in [3.63, 3.8) is 0 Å². The van der Waals surface area contributed by atoms with Crippen molar-refractivity contribution in [2.24, 2.45) is 0 Å². The lowest BCUT2D eigenvalue weighted by Gasteiger charge is -2.26. The Balaban J connectivity index is 1.50. The minimum Gasteiger partial charge on any atom is -0.496 e. The third-order valence-corrected chi connectivity index (χ3v) is 7.78. The number of methoxy groups -OCH3 is 1. The molecule has 1 aromatic heterocycles. The Kier molecular flexibility index (Phi) is 5.50. The second kappa shape index (κ2) is 8.14. The first-order chi connectivity index (χ1) is 16.1. The van der Waals surface area contributed by atoms with Crippen molar-refractivity contribution in [1.29, 1.82) is 0 Å². The van der Waals surface area contributed by atoms with Crippen molar-refractivity contribution >= 4 is 22.5 Å². The Bertz CT molecular complexity index is 1260. The summed E-state index contributed by atoms with van der Waals surface area (Å²) >= 11 is 0. The average Bonchev–Trinajstić information content (AvgIpc) is 3.25. The molecule has 2 aliphatic carbocycles. The summed E-state index contributed by atoms with van der Waals surface area (Å²) < 4.78 is 23.2. The largest absolute Gasteiger partial charge is 0.496 e. The number of aryl methyl sites for hydroxylation is 1. The van der Waals surface area contributed by atoms with Crippen LogP contribution in [0.15, 0.2) is 36.4 Å². The summed E-state index contributed by atoms with van der Waals surface area (Å²) in [6.07, 6.45) is 6.21. The van der Waals surface area contributed by atoms with Crippen LogP contribution in [-0.2, 0) is 15.6 Å². The maximum absolute atomic E-state index is 15.4. The average molecular weight is 463 g/mol. The van der Waals surface area contributed by atoms with E-state index in [2.05, 4.69) is 36.7 Å². The van der Waals surface area contributed by atoms with Crippen molar-refractivity contribution < 1.29 is 13.9 Å². The van der Waals surface area contributed by atoms with E-state index in [1.807, 2.05) is 31.2 Å². The molecule has 0 aliphatic heterocycles. The number of halogens is 1. The van der Waals surface area contributed by atoms with Crippen LogP contribution < -0.4 is 10.1 Å². The van der Waals surface area contributed by atoms with E-state index in [9.17, 15) is 4.79 Å². The Morgan fingerprint density at radius 3 is 2.44 bits per heavy atom. The van der Waals surface area contributed by atoms with E-state index < -0.39 is 5.41 Å². The van der Waals surface area contributed by atoms with Gasteiger partial charge in [-0.25, -0.2) is 4.39 Å². The number of carbonyl (C=O) groups excluding carboxylic acids is 1. The molecule has 5 rings (SSSR count). The number of nitrogens with one attached hydrogen (secondary N) is 1. The summed E-state index contributed by atoms with van der Waals surface area (Å²) in [5.74, 6) is 0.242. The molecule has 0 atom stereocenters. The number of hydrogen-bond donors (Lipinski definition) is 1. The molecule has 2 fully saturated rings. The van der Waals surface area contributed by atoms with Gasteiger partial charge in [-0.15, -0.1) is 0 Å². The van der Waals surface area contributed by atoms with E-state index in [0.717, 1.165) is 53.5 Å². The van der Waals surface area contributed by atoms with Crippen LogP contribution >= 0.6 is 0 Å². The monoisotopic (exact) mass is 462 g/mol. The number of benzene rings is 2. The van der Waals surface area contributed by atoms with E-state index in [1.165, 1.54) is 18.5 Å². The maximum Gasteiger partial charge on any atom is 0.235 e. The van der Waals surface area contributed by atoms with Gasteiger partial charge in [0, 0.05) is 28.6 Å². The lowest BCUT2D eigenvalue weighted by molar-refractivity contribution is -0.118. The first-order valence-electron chi connectivity index (χ1n) is 12.5. The number of amides is 1. The van der Waals surface area contributed by atoms with Crippen molar-refractivity contribution in [3.8, 4) is 5.75 Å². The van der Waals surface area contributed by atoms with Crippen LogP contribution in [-0.4, -0.2) is 17.6 Å². The normalized spacial score (nSPS) is 17.8. The second-order valence-electron chi connectivity index (χ2n) is 11.2. The van der Waals surface area contributed by atoms with Gasteiger partial charge in [0.1, 0.15) is 11.6 Å². The highest BCUT2D eigenvalue weighted by Gasteiger charge is 2.51. The number of carbonyl (C=O) groups is 1. The summed E-state index contributed by atoms with van der Waals surface area (Å²) in [5, 5.41) is 3.91. The van der Waals surface area contributed by atoms with Gasteiger partial charge >= 0.3 is 0 Å². The molecule has 3 aromatic rings. The number of fused-ring (bicyclic) bond motifs is 1. The lowest BCUT2D eigenvalue weighted by Crippen LogP contribution is -2.28. The van der Waals surface area contributed by atoms with E-state index in [-0.39, 0.29) is 22.8 Å². The molecule has 2 saturated carbocycles. The van der Waals surface area contributed by atoms with E-state index in [1.54, 1.807) is 13.2 Å². The lowest BCUT2D eigenvalue weighted by atomic mass is 9.91. The molecule has 4 nitrogen and oxygen atoms in total. The molecule has 2 aromatic carbocycles. The van der Waals surface area contributed by atoms with Gasteiger partial charge in [-0.1, -0.05) is 45.7 Å². The molecular formula is C29H35FN2O2. The highest BCUT2D eigenvalue weighted by atomic mass is 19.1. The molecule has 0 saturated heterocycles. The Morgan fingerprint density at radius 2 is 1.82 bits per heavy atom. The molecule has 2 aliphatic rings. The second-order valence-corrected chi connectivity index (χ2v) is 11.2. The fraction of sp³-hybridized carbons (Fsp3) is 0.483. The van der Waals surface area contributed by atoms with Gasteiger partial charge in [0.2, 0.25) is 5.91 Å². The maximum atomic E-state index is 15.4. The highest BCUT2D eigenvalue weighted by molar-refractivity contribution is 6.02. The van der Waals surface area contributed by atoms with E-state index in [4.69, 9.17) is 4.74 Å². The molecule has 34 heavy (non-hydrogen) atoms. The summed E-state index contributed by atoms with van der Waals surface area (Å²) in [6.45, 7) is 8.60. The number of ether oxygens (including phenoxy) is 1. The van der Waals surface area contributed by atoms with E-state index in [0.29, 0.717) is 6.04 Å². The van der Waals surface area contributed by atoms with Crippen molar-refractivity contribution in [3.05, 3.63) is 59.0 Å². The number of hydrogen-bond acceptors (Lipinski definition) is 2. The zero-order chi connectivity index (χ0) is 24.3. The molecule has 180 valence electrons. The topological polar surface area (TPSA) is 43.3 Å². The smallest absolute Gasteiger partial charge is 0.235 e. The quantitative estimate of drug-likeness (QED) is 0.436. The zero-order valence-corrected chi connectivity index (χ0v) is 20.9. The van der Waals surface area contributed by atoms with Crippen LogP contribution in [0.25, 0.3) is 10.9 Å². The van der Waals surface area contributed by atoms with Gasteiger partial charge in [-0.3, -0.25) is 4.79 Å². The standard InChI is InChI=1S/C29H35FN2O2/c1-18-10-11-20(16-25(18)34-5)29(12-13-29)27(33)31-23-14-19-15-26(28(2,3)4)32(21-8-6-7-9-21)24(19)17-22(23)30/h10-11,14-17,21H,6-9,12-13H2,1-5H3,(H,31,33). The van der Waals surface area contributed by atoms with Crippen molar-refractivity contribution in [1.82, 2.24) is 4.57 Å². The fourth-order valence-corrected chi connectivity index (χ4v) is 5.61. The van der Waals surface area contributed by atoms with Gasteiger partial charge in [0.05, 0.1) is 23.7 Å². The Hall–Kier alpha value is -2.82. The number of aromatic nitrogens is 1. The number of rotatable bonds is 5. The molecule has 0 unspecified atom stereocenters. The SMILES string of the molecule is COc1cc(C2(C(=O)Nc3cc4cc(C(C)(C)C)n(C5CCCC5)c4cc3F)CC2)ccc1C. The molecular weight excluding hydrogens is 427 g/mol. The summed E-state index contributed by atoms with van der Waals surface area (Å²) in [5.41, 5.74) is 3.70. The van der Waals surface area contributed by atoms with Crippen LogP contribution in [0.5, 0.6) is 5.75 Å². The summed E-state index contributed by atoms with van der Waals surface area (Å²) in [6, 6.07) is 11.9. The predicted molar refractivity (Wildman–Crippen MR) is 135 cm³/mol.